The highest BCUT2D eigenvalue weighted by Crippen LogP contribution is 2.33. The molecule has 3 aromatic carbocycles. The predicted octanol–water partition coefficient (Wildman–Crippen LogP) is 4.84. The number of ether oxygens (including phenoxy) is 1. The van der Waals surface area contributed by atoms with E-state index in [9.17, 15) is 14.0 Å². The number of benzene rings is 3. The molecule has 1 N–H and O–H groups in total. The number of carbonyl (C=O) groups is 2. The Hall–Kier alpha value is -3.93. The van der Waals surface area contributed by atoms with Gasteiger partial charge in [-0.05, 0) is 60.9 Å². The predicted molar refractivity (Wildman–Crippen MR) is 121 cm³/mol. The molecule has 0 aromatic heterocycles. The van der Waals surface area contributed by atoms with Gasteiger partial charge in [0.15, 0.2) is 0 Å². The smallest absolute Gasteiger partial charge is 0.278 e. The first-order valence-electron chi connectivity index (χ1n) is 10.2. The van der Waals surface area contributed by atoms with Crippen molar-refractivity contribution in [3.8, 4) is 5.75 Å². The summed E-state index contributed by atoms with van der Waals surface area (Å²) >= 11 is 0. The van der Waals surface area contributed by atoms with Crippen molar-refractivity contribution < 1.29 is 18.7 Å². The van der Waals surface area contributed by atoms with Crippen LogP contribution in [-0.4, -0.2) is 23.8 Å². The molecule has 4 rings (SSSR count). The zero-order valence-corrected chi connectivity index (χ0v) is 18.1. The highest BCUT2D eigenvalue weighted by atomic mass is 19.1. The highest BCUT2D eigenvalue weighted by Gasteiger charge is 2.39. The number of nitrogens with one attached hydrogen (secondary N) is 1. The standard InChI is InChI=1S/C26H23FN2O3/c1-16-8-9-18(14-17(16)2)23-24(28-21-12-10-20(27)11-13-21)26(31)29(25(23)30)15-19-6-4-5-7-22(19)32-3/h4-14,28H,15H2,1-3H3. The zero-order chi connectivity index (χ0) is 22.8. The van der Waals surface area contributed by atoms with Gasteiger partial charge in [-0.15, -0.1) is 0 Å². The third kappa shape index (κ3) is 3.99. The van der Waals surface area contributed by atoms with E-state index in [1.54, 1.807) is 13.2 Å². The Morgan fingerprint density at radius 2 is 1.62 bits per heavy atom. The van der Waals surface area contributed by atoms with Crippen LogP contribution in [0.25, 0.3) is 5.57 Å². The molecule has 0 fully saturated rings. The van der Waals surface area contributed by atoms with E-state index in [1.807, 2.05) is 50.2 Å². The Bertz CT molecular complexity index is 1230. The van der Waals surface area contributed by atoms with Crippen molar-refractivity contribution in [2.45, 2.75) is 20.4 Å². The number of hydrogen-bond acceptors (Lipinski definition) is 4. The summed E-state index contributed by atoms with van der Waals surface area (Å²) in [7, 11) is 1.55. The topological polar surface area (TPSA) is 58.6 Å². The van der Waals surface area contributed by atoms with Crippen molar-refractivity contribution in [1.82, 2.24) is 4.90 Å². The molecule has 0 unspecified atom stereocenters. The zero-order valence-electron chi connectivity index (χ0n) is 18.1. The van der Waals surface area contributed by atoms with Crippen LogP contribution in [0, 0.1) is 19.7 Å². The minimum Gasteiger partial charge on any atom is -0.496 e. The Balaban J connectivity index is 1.77. The fourth-order valence-electron chi connectivity index (χ4n) is 3.68. The van der Waals surface area contributed by atoms with Crippen molar-refractivity contribution in [1.29, 1.82) is 0 Å². The van der Waals surface area contributed by atoms with Gasteiger partial charge in [0.2, 0.25) is 0 Å². The van der Waals surface area contributed by atoms with Gasteiger partial charge in [0.1, 0.15) is 17.3 Å². The summed E-state index contributed by atoms with van der Waals surface area (Å²) in [6.45, 7) is 4.02. The van der Waals surface area contributed by atoms with Gasteiger partial charge in [0, 0.05) is 11.3 Å². The quantitative estimate of drug-likeness (QED) is 0.569. The molecule has 32 heavy (non-hydrogen) atoms. The summed E-state index contributed by atoms with van der Waals surface area (Å²) in [6, 6.07) is 18.6. The van der Waals surface area contributed by atoms with Crippen molar-refractivity contribution in [2.75, 3.05) is 12.4 Å². The third-order valence-corrected chi connectivity index (χ3v) is 5.60. The number of amides is 2. The van der Waals surface area contributed by atoms with E-state index in [0.29, 0.717) is 17.0 Å². The molecule has 1 heterocycles. The largest absolute Gasteiger partial charge is 0.496 e. The summed E-state index contributed by atoms with van der Waals surface area (Å²) in [5.74, 6) is -0.626. The molecule has 162 valence electrons. The van der Waals surface area contributed by atoms with Gasteiger partial charge in [0.05, 0.1) is 19.2 Å². The van der Waals surface area contributed by atoms with Crippen LogP contribution >= 0.6 is 0 Å². The van der Waals surface area contributed by atoms with Crippen molar-refractivity contribution in [3.05, 3.63) is 100 Å². The fourth-order valence-corrected chi connectivity index (χ4v) is 3.68. The molecule has 5 nitrogen and oxygen atoms in total. The lowest BCUT2D eigenvalue weighted by Gasteiger charge is -2.17. The second-order valence-electron chi connectivity index (χ2n) is 7.69. The van der Waals surface area contributed by atoms with Gasteiger partial charge >= 0.3 is 0 Å². The Morgan fingerprint density at radius 1 is 0.906 bits per heavy atom. The molecular formula is C26H23FN2O3. The fraction of sp³-hybridized carbons (Fsp3) is 0.154. The minimum atomic E-state index is -0.446. The molecule has 6 heteroatoms. The van der Waals surface area contributed by atoms with Crippen LogP contribution in [0.4, 0.5) is 10.1 Å². The Labute approximate surface area is 186 Å². The molecule has 2 amide bonds. The second kappa shape index (κ2) is 8.67. The summed E-state index contributed by atoms with van der Waals surface area (Å²) in [5.41, 5.74) is 4.45. The molecule has 0 saturated carbocycles. The second-order valence-corrected chi connectivity index (χ2v) is 7.69. The summed E-state index contributed by atoms with van der Waals surface area (Å²) < 4.78 is 18.7. The summed E-state index contributed by atoms with van der Waals surface area (Å²) in [5, 5.41) is 3.04. The van der Waals surface area contributed by atoms with E-state index in [0.717, 1.165) is 16.7 Å². The number of imide groups is 1. The normalized spacial score (nSPS) is 13.7. The van der Waals surface area contributed by atoms with Crippen LogP contribution in [-0.2, 0) is 16.1 Å². The van der Waals surface area contributed by atoms with Crippen molar-refractivity contribution in [2.24, 2.45) is 0 Å². The van der Waals surface area contributed by atoms with Crippen LogP contribution in [0.15, 0.2) is 72.4 Å². The van der Waals surface area contributed by atoms with Gasteiger partial charge in [-0.25, -0.2) is 4.39 Å². The van der Waals surface area contributed by atoms with E-state index in [2.05, 4.69) is 5.32 Å². The first kappa shape index (κ1) is 21.3. The van der Waals surface area contributed by atoms with Gasteiger partial charge < -0.3 is 10.1 Å². The molecule has 0 bridgehead atoms. The first-order chi connectivity index (χ1) is 15.4. The lowest BCUT2D eigenvalue weighted by Crippen LogP contribution is -2.32. The van der Waals surface area contributed by atoms with Crippen LogP contribution in [0.3, 0.4) is 0 Å². The maximum absolute atomic E-state index is 13.5. The van der Waals surface area contributed by atoms with Gasteiger partial charge in [-0.2, -0.15) is 0 Å². The van der Waals surface area contributed by atoms with E-state index < -0.39 is 11.8 Å². The van der Waals surface area contributed by atoms with Gasteiger partial charge in [0.25, 0.3) is 11.8 Å². The lowest BCUT2D eigenvalue weighted by atomic mass is 9.99. The van der Waals surface area contributed by atoms with Crippen molar-refractivity contribution in [3.63, 3.8) is 0 Å². The van der Waals surface area contributed by atoms with Gasteiger partial charge in [-0.3, -0.25) is 14.5 Å². The van der Waals surface area contributed by atoms with Crippen LogP contribution in [0.5, 0.6) is 5.75 Å². The molecule has 0 spiro atoms. The average Bonchev–Trinajstić information content (AvgIpc) is 3.02. The van der Waals surface area contributed by atoms with Crippen LogP contribution in [0.1, 0.15) is 22.3 Å². The maximum atomic E-state index is 13.5. The van der Waals surface area contributed by atoms with E-state index in [1.165, 1.54) is 29.2 Å². The number of halogens is 1. The van der Waals surface area contributed by atoms with Crippen LogP contribution < -0.4 is 10.1 Å². The molecular weight excluding hydrogens is 407 g/mol. The van der Waals surface area contributed by atoms with E-state index in [-0.39, 0.29) is 23.6 Å². The number of aryl methyl sites for hydroxylation is 2. The monoisotopic (exact) mass is 430 g/mol. The number of rotatable bonds is 6. The van der Waals surface area contributed by atoms with E-state index >= 15 is 0 Å². The third-order valence-electron chi connectivity index (χ3n) is 5.60. The molecule has 3 aromatic rings. The molecule has 1 aliphatic heterocycles. The Kier molecular flexibility index (Phi) is 5.77. The van der Waals surface area contributed by atoms with Crippen LogP contribution in [0.2, 0.25) is 0 Å². The number of methoxy groups -OCH3 is 1. The molecule has 0 atom stereocenters. The van der Waals surface area contributed by atoms with Gasteiger partial charge in [-0.1, -0.05) is 36.4 Å². The Morgan fingerprint density at radius 3 is 2.31 bits per heavy atom. The summed E-state index contributed by atoms with van der Waals surface area (Å²) in [4.78, 5) is 28.1. The maximum Gasteiger partial charge on any atom is 0.278 e. The number of hydrogen-bond donors (Lipinski definition) is 1. The first-order valence-corrected chi connectivity index (χ1v) is 10.2. The highest BCUT2D eigenvalue weighted by molar-refractivity contribution is 6.36. The molecule has 1 aliphatic rings. The number of carbonyl (C=O) groups excluding carboxylic acids is 2. The number of anilines is 1. The SMILES string of the molecule is COc1ccccc1CN1C(=O)C(Nc2ccc(F)cc2)=C(c2ccc(C)c(C)c2)C1=O. The average molecular weight is 430 g/mol. The van der Waals surface area contributed by atoms with Crippen molar-refractivity contribution >= 4 is 23.1 Å². The molecule has 0 radical (unpaired) electrons. The lowest BCUT2D eigenvalue weighted by molar-refractivity contribution is -0.137. The number of nitrogens with zero attached hydrogens (tertiary/aromatic N) is 1. The molecule has 0 saturated heterocycles. The minimum absolute atomic E-state index is 0.0740. The summed E-state index contributed by atoms with van der Waals surface area (Å²) in [6.07, 6.45) is 0. The van der Waals surface area contributed by atoms with E-state index in [4.69, 9.17) is 4.74 Å². The molecule has 0 aliphatic carbocycles. The number of para-hydroxylation sites is 1.